The second kappa shape index (κ2) is 5.17. The Labute approximate surface area is 107 Å². The fourth-order valence-electron chi connectivity index (χ4n) is 2.15. The number of aryl methyl sites for hydroxylation is 2. The Morgan fingerprint density at radius 1 is 1.28 bits per heavy atom. The minimum atomic E-state index is 0.722. The first-order valence-electron chi connectivity index (χ1n) is 6.26. The monoisotopic (exact) mass is 242 g/mol. The minimum Gasteiger partial charge on any atom is -0.298 e. The van der Waals surface area contributed by atoms with Gasteiger partial charge in [-0.1, -0.05) is 30.7 Å². The SMILES string of the molecule is CCCn1ncc(-c2cc(C)ccc2C=O)c1C. The predicted molar refractivity (Wildman–Crippen MR) is 72.8 cm³/mol. The van der Waals surface area contributed by atoms with Gasteiger partial charge in [-0.25, -0.2) is 0 Å². The molecule has 3 heteroatoms. The third-order valence-corrected chi connectivity index (χ3v) is 3.16. The van der Waals surface area contributed by atoms with Crippen molar-refractivity contribution in [2.45, 2.75) is 33.7 Å². The van der Waals surface area contributed by atoms with E-state index in [9.17, 15) is 4.79 Å². The van der Waals surface area contributed by atoms with Crippen molar-refractivity contribution in [1.82, 2.24) is 9.78 Å². The van der Waals surface area contributed by atoms with Crippen molar-refractivity contribution in [2.75, 3.05) is 0 Å². The van der Waals surface area contributed by atoms with Crippen molar-refractivity contribution >= 4 is 6.29 Å². The van der Waals surface area contributed by atoms with E-state index in [0.717, 1.165) is 47.2 Å². The second-order valence-electron chi connectivity index (χ2n) is 4.58. The molecule has 0 radical (unpaired) electrons. The van der Waals surface area contributed by atoms with Gasteiger partial charge in [-0.15, -0.1) is 0 Å². The summed E-state index contributed by atoms with van der Waals surface area (Å²) in [4.78, 5) is 11.1. The molecule has 0 aliphatic carbocycles. The molecule has 0 N–H and O–H groups in total. The van der Waals surface area contributed by atoms with Gasteiger partial charge in [-0.05, 0) is 25.8 Å². The quantitative estimate of drug-likeness (QED) is 0.770. The summed E-state index contributed by atoms with van der Waals surface area (Å²) in [5, 5.41) is 4.39. The van der Waals surface area contributed by atoms with Crippen LogP contribution in [-0.2, 0) is 6.54 Å². The van der Waals surface area contributed by atoms with E-state index in [-0.39, 0.29) is 0 Å². The van der Waals surface area contributed by atoms with E-state index in [1.165, 1.54) is 0 Å². The average Bonchev–Trinajstić information content (AvgIpc) is 2.72. The molecule has 1 heterocycles. The normalized spacial score (nSPS) is 10.6. The van der Waals surface area contributed by atoms with Crippen molar-refractivity contribution in [1.29, 1.82) is 0 Å². The van der Waals surface area contributed by atoms with Gasteiger partial charge in [0.15, 0.2) is 6.29 Å². The van der Waals surface area contributed by atoms with Crippen LogP contribution >= 0.6 is 0 Å². The molecule has 2 aromatic rings. The molecule has 0 unspecified atom stereocenters. The van der Waals surface area contributed by atoms with Crippen molar-refractivity contribution in [3.8, 4) is 11.1 Å². The van der Waals surface area contributed by atoms with Gasteiger partial charge in [-0.2, -0.15) is 5.10 Å². The molecule has 0 spiro atoms. The number of carbonyl (C=O) groups excluding carboxylic acids is 1. The zero-order valence-electron chi connectivity index (χ0n) is 11.1. The van der Waals surface area contributed by atoms with Gasteiger partial charge in [0.25, 0.3) is 0 Å². The van der Waals surface area contributed by atoms with Crippen molar-refractivity contribution in [2.24, 2.45) is 0 Å². The Morgan fingerprint density at radius 2 is 2.06 bits per heavy atom. The third-order valence-electron chi connectivity index (χ3n) is 3.16. The summed E-state index contributed by atoms with van der Waals surface area (Å²) in [7, 11) is 0. The molecule has 0 bridgehead atoms. The summed E-state index contributed by atoms with van der Waals surface area (Å²) < 4.78 is 1.99. The highest BCUT2D eigenvalue weighted by Gasteiger charge is 2.11. The maximum atomic E-state index is 11.1. The van der Waals surface area contributed by atoms with Crippen LogP contribution in [0.5, 0.6) is 0 Å². The molecule has 0 aliphatic heterocycles. The largest absolute Gasteiger partial charge is 0.298 e. The molecule has 1 aromatic carbocycles. The van der Waals surface area contributed by atoms with E-state index < -0.39 is 0 Å². The van der Waals surface area contributed by atoms with Crippen LogP contribution in [0.3, 0.4) is 0 Å². The van der Waals surface area contributed by atoms with E-state index in [4.69, 9.17) is 0 Å². The van der Waals surface area contributed by atoms with Crippen LogP contribution in [0.25, 0.3) is 11.1 Å². The van der Waals surface area contributed by atoms with Gasteiger partial charge in [0.05, 0.1) is 6.20 Å². The lowest BCUT2D eigenvalue weighted by atomic mass is 9.99. The number of aldehydes is 1. The fourth-order valence-corrected chi connectivity index (χ4v) is 2.15. The first-order valence-corrected chi connectivity index (χ1v) is 6.26. The highest BCUT2D eigenvalue weighted by atomic mass is 16.1. The molecule has 0 fully saturated rings. The zero-order valence-corrected chi connectivity index (χ0v) is 11.1. The highest BCUT2D eigenvalue weighted by molar-refractivity contribution is 5.88. The van der Waals surface area contributed by atoms with Gasteiger partial charge in [0.1, 0.15) is 0 Å². The van der Waals surface area contributed by atoms with E-state index >= 15 is 0 Å². The molecule has 0 atom stereocenters. The number of benzene rings is 1. The van der Waals surface area contributed by atoms with Gasteiger partial charge >= 0.3 is 0 Å². The number of aromatic nitrogens is 2. The van der Waals surface area contributed by atoms with E-state index in [0.29, 0.717) is 0 Å². The van der Waals surface area contributed by atoms with Crippen LogP contribution < -0.4 is 0 Å². The maximum Gasteiger partial charge on any atom is 0.150 e. The summed E-state index contributed by atoms with van der Waals surface area (Å²) in [6, 6.07) is 5.87. The topological polar surface area (TPSA) is 34.9 Å². The lowest BCUT2D eigenvalue weighted by Crippen LogP contribution is -2.01. The van der Waals surface area contributed by atoms with E-state index in [2.05, 4.69) is 18.9 Å². The van der Waals surface area contributed by atoms with Gasteiger partial charge in [0.2, 0.25) is 0 Å². The molecule has 1 aromatic heterocycles. The van der Waals surface area contributed by atoms with Crippen LogP contribution in [0, 0.1) is 13.8 Å². The Bertz CT molecular complexity index is 570. The number of rotatable bonds is 4. The van der Waals surface area contributed by atoms with Crippen LogP contribution in [0.2, 0.25) is 0 Å². The Morgan fingerprint density at radius 3 is 2.72 bits per heavy atom. The number of carbonyl (C=O) groups is 1. The van der Waals surface area contributed by atoms with Gasteiger partial charge in [-0.3, -0.25) is 9.48 Å². The molecule has 0 saturated carbocycles. The van der Waals surface area contributed by atoms with E-state index in [1.807, 2.05) is 36.0 Å². The van der Waals surface area contributed by atoms with Crippen molar-refractivity contribution in [3.05, 3.63) is 41.2 Å². The fraction of sp³-hybridized carbons (Fsp3) is 0.333. The van der Waals surface area contributed by atoms with Crippen molar-refractivity contribution < 1.29 is 4.79 Å². The highest BCUT2D eigenvalue weighted by Crippen LogP contribution is 2.27. The third kappa shape index (κ3) is 2.21. The summed E-state index contributed by atoms with van der Waals surface area (Å²) in [6.07, 6.45) is 3.81. The van der Waals surface area contributed by atoms with Crippen molar-refractivity contribution in [3.63, 3.8) is 0 Å². The van der Waals surface area contributed by atoms with Crippen LogP contribution in [0.4, 0.5) is 0 Å². The number of hydrogen-bond acceptors (Lipinski definition) is 2. The molecule has 94 valence electrons. The molecule has 0 aliphatic rings. The standard InChI is InChI=1S/C15H18N2O/c1-4-7-17-12(3)15(9-16-17)14-8-11(2)5-6-13(14)10-18/h5-6,8-10H,4,7H2,1-3H3. The van der Waals surface area contributed by atoms with Gasteiger partial charge < -0.3 is 0 Å². The predicted octanol–water partition coefficient (Wildman–Crippen LogP) is 3.39. The molecule has 3 nitrogen and oxygen atoms in total. The molecule has 18 heavy (non-hydrogen) atoms. The summed E-state index contributed by atoms with van der Waals surface area (Å²) in [5.74, 6) is 0. The van der Waals surface area contributed by atoms with Crippen LogP contribution in [0.1, 0.15) is 35.0 Å². The summed E-state index contributed by atoms with van der Waals surface area (Å²) in [5.41, 5.74) is 5.02. The Kier molecular flexibility index (Phi) is 3.60. The zero-order chi connectivity index (χ0) is 13.1. The Balaban J connectivity index is 2.54. The first kappa shape index (κ1) is 12.6. The van der Waals surface area contributed by atoms with Crippen LogP contribution in [0.15, 0.2) is 24.4 Å². The smallest absolute Gasteiger partial charge is 0.150 e. The molecule has 2 rings (SSSR count). The molecular weight excluding hydrogens is 224 g/mol. The number of nitrogens with zero attached hydrogens (tertiary/aromatic N) is 2. The minimum absolute atomic E-state index is 0.722. The van der Waals surface area contributed by atoms with E-state index in [1.54, 1.807) is 0 Å². The average molecular weight is 242 g/mol. The van der Waals surface area contributed by atoms with Crippen LogP contribution in [-0.4, -0.2) is 16.1 Å². The van der Waals surface area contributed by atoms with Gasteiger partial charge in [0, 0.05) is 23.4 Å². The lowest BCUT2D eigenvalue weighted by molar-refractivity contribution is 0.112. The summed E-state index contributed by atoms with van der Waals surface area (Å²) in [6.45, 7) is 7.12. The summed E-state index contributed by atoms with van der Waals surface area (Å²) >= 11 is 0. The Hall–Kier alpha value is -1.90. The molecular formula is C15H18N2O. The first-order chi connectivity index (χ1) is 8.67. The second-order valence-corrected chi connectivity index (χ2v) is 4.58. The molecule has 0 saturated heterocycles. The molecule has 0 amide bonds. The number of hydrogen-bond donors (Lipinski definition) is 0. The lowest BCUT2D eigenvalue weighted by Gasteiger charge is -2.07. The maximum absolute atomic E-state index is 11.1.